The van der Waals surface area contributed by atoms with Gasteiger partial charge in [0.25, 0.3) is 0 Å². The average molecular weight is 393 g/mol. The molecule has 1 aliphatic heterocycles. The molecule has 0 atom stereocenters. The first-order valence-electron chi connectivity index (χ1n) is 10.1. The summed E-state index contributed by atoms with van der Waals surface area (Å²) in [5.41, 5.74) is 1.50. The molecule has 27 heavy (non-hydrogen) atoms. The molecule has 1 aliphatic carbocycles. The summed E-state index contributed by atoms with van der Waals surface area (Å²) in [6.45, 7) is 11.7. The Bertz CT molecular complexity index is 728. The van der Waals surface area contributed by atoms with E-state index >= 15 is 0 Å². The lowest BCUT2D eigenvalue weighted by Crippen LogP contribution is -2.44. The van der Waals surface area contributed by atoms with E-state index in [2.05, 4.69) is 18.7 Å². The van der Waals surface area contributed by atoms with Crippen LogP contribution in [0.3, 0.4) is 0 Å². The Kier molecular flexibility index (Phi) is 6.27. The largest absolute Gasteiger partial charge is 0.361 e. The second kappa shape index (κ2) is 8.16. The minimum Gasteiger partial charge on any atom is -0.305 e. The number of nitrogens with zero attached hydrogens (tertiary/aromatic N) is 1. The van der Waals surface area contributed by atoms with Crippen molar-refractivity contribution in [2.24, 2.45) is 11.3 Å². The van der Waals surface area contributed by atoms with Crippen molar-refractivity contribution in [1.82, 2.24) is 4.90 Å². The van der Waals surface area contributed by atoms with Crippen LogP contribution in [0.1, 0.15) is 56.5 Å². The number of carbonyl (C=O) groups is 1. The van der Waals surface area contributed by atoms with Crippen LogP contribution in [0.15, 0.2) is 18.2 Å². The number of fused-ring (bicyclic) bond motifs is 1. The number of hydrogen-bond donors (Lipinski definition) is 0. The van der Waals surface area contributed by atoms with E-state index in [1.807, 2.05) is 12.1 Å². The van der Waals surface area contributed by atoms with Gasteiger partial charge in [-0.3, -0.25) is 9.36 Å². The molecule has 0 amide bonds. The van der Waals surface area contributed by atoms with Gasteiger partial charge in [-0.1, -0.05) is 19.9 Å². The molecule has 0 aromatic heterocycles. The molecule has 1 aromatic carbocycles. The van der Waals surface area contributed by atoms with Gasteiger partial charge in [-0.15, -0.1) is 0 Å². The first-order valence-corrected chi connectivity index (χ1v) is 11.7. The standard InChI is InChI=1S/C21H32NO4P/c1-5-25-27(24,26-6-2)18-8-7-17-14-21(20(23)19(17)13-18)9-11-22(12-10-21)15-16(3)4/h7-8,13,16H,5-6,9-12,14-15H2,1-4H3. The summed E-state index contributed by atoms with van der Waals surface area (Å²) in [5.74, 6) is 0.854. The van der Waals surface area contributed by atoms with E-state index < -0.39 is 7.60 Å². The number of Topliss-reactive ketones (excluding diaryl/α,β-unsaturated/α-hetero) is 1. The molecule has 1 fully saturated rings. The van der Waals surface area contributed by atoms with Crippen LogP contribution in [0.5, 0.6) is 0 Å². The molecular formula is C21H32NO4P. The zero-order valence-electron chi connectivity index (χ0n) is 17.0. The van der Waals surface area contributed by atoms with Crippen LogP contribution in [0, 0.1) is 11.3 Å². The maximum Gasteiger partial charge on any atom is 0.361 e. The fourth-order valence-corrected chi connectivity index (χ4v) is 6.04. The molecule has 0 N–H and O–H groups in total. The Morgan fingerprint density at radius 3 is 2.33 bits per heavy atom. The van der Waals surface area contributed by atoms with Crippen LogP contribution in [0.25, 0.3) is 0 Å². The minimum absolute atomic E-state index is 0.211. The zero-order valence-corrected chi connectivity index (χ0v) is 17.9. The van der Waals surface area contributed by atoms with Crippen molar-refractivity contribution in [2.45, 2.75) is 47.0 Å². The Morgan fingerprint density at radius 1 is 1.15 bits per heavy atom. The lowest BCUT2D eigenvalue weighted by atomic mass is 9.75. The Morgan fingerprint density at radius 2 is 1.78 bits per heavy atom. The molecule has 3 rings (SSSR count). The van der Waals surface area contributed by atoms with Crippen LogP contribution in [-0.4, -0.2) is 43.5 Å². The molecule has 0 saturated carbocycles. The van der Waals surface area contributed by atoms with Crippen molar-refractivity contribution in [3.05, 3.63) is 29.3 Å². The number of rotatable bonds is 7. The van der Waals surface area contributed by atoms with Crippen molar-refractivity contribution >= 4 is 18.7 Å². The Labute approximate surface area is 163 Å². The van der Waals surface area contributed by atoms with Gasteiger partial charge in [0.15, 0.2) is 5.78 Å². The van der Waals surface area contributed by atoms with Gasteiger partial charge in [0.1, 0.15) is 0 Å². The SMILES string of the molecule is CCOP(=O)(OCC)c1ccc2c(c1)C(=O)C1(CCN(CC(C)C)CC1)C2. The summed E-state index contributed by atoms with van der Waals surface area (Å²) in [6.07, 6.45) is 2.60. The quantitative estimate of drug-likeness (QED) is 0.654. The summed E-state index contributed by atoms with van der Waals surface area (Å²) >= 11 is 0. The minimum atomic E-state index is -3.37. The second-order valence-electron chi connectivity index (χ2n) is 8.16. The molecule has 1 heterocycles. The van der Waals surface area contributed by atoms with E-state index in [1.165, 1.54) is 0 Å². The topological polar surface area (TPSA) is 55.8 Å². The van der Waals surface area contributed by atoms with Crippen LogP contribution in [0.4, 0.5) is 0 Å². The summed E-state index contributed by atoms with van der Waals surface area (Å²) in [7, 11) is -3.37. The fourth-order valence-electron chi connectivity index (χ4n) is 4.44. The number of carbonyl (C=O) groups excluding carboxylic acids is 1. The molecular weight excluding hydrogens is 361 g/mol. The van der Waals surface area contributed by atoms with Crippen LogP contribution >= 0.6 is 7.60 Å². The summed E-state index contributed by atoms with van der Waals surface area (Å²) in [5, 5.41) is 0.493. The van der Waals surface area contributed by atoms with Gasteiger partial charge in [-0.05, 0) is 69.8 Å². The van der Waals surface area contributed by atoms with Gasteiger partial charge in [0, 0.05) is 17.5 Å². The van der Waals surface area contributed by atoms with Crippen molar-refractivity contribution in [3.63, 3.8) is 0 Å². The lowest BCUT2D eigenvalue weighted by Gasteiger charge is -2.38. The molecule has 1 saturated heterocycles. The van der Waals surface area contributed by atoms with Gasteiger partial charge in [0.05, 0.1) is 18.5 Å². The second-order valence-corrected chi connectivity index (χ2v) is 10.2. The smallest absolute Gasteiger partial charge is 0.305 e. The number of piperidine rings is 1. The third-order valence-electron chi connectivity index (χ3n) is 5.70. The number of likely N-dealkylation sites (tertiary alicyclic amines) is 1. The van der Waals surface area contributed by atoms with Crippen LogP contribution in [0.2, 0.25) is 0 Å². The normalized spacial score (nSPS) is 19.8. The molecule has 6 heteroatoms. The molecule has 1 spiro atoms. The highest BCUT2D eigenvalue weighted by atomic mass is 31.2. The molecule has 0 unspecified atom stereocenters. The van der Waals surface area contributed by atoms with Crippen LogP contribution < -0.4 is 5.30 Å². The predicted molar refractivity (Wildman–Crippen MR) is 108 cm³/mol. The van der Waals surface area contributed by atoms with Gasteiger partial charge in [-0.2, -0.15) is 0 Å². The summed E-state index contributed by atoms with van der Waals surface area (Å²) in [6, 6.07) is 5.52. The highest BCUT2D eigenvalue weighted by Gasteiger charge is 2.47. The molecule has 150 valence electrons. The van der Waals surface area contributed by atoms with Crippen molar-refractivity contribution in [2.75, 3.05) is 32.8 Å². The van der Waals surface area contributed by atoms with Crippen molar-refractivity contribution in [3.8, 4) is 0 Å². The average Bonchev–Trinajstić information content (AvgIpc) is 2.89. The highest BCUT2D eigenvalue weighted by Crippen LogP contribution is 2.49. The maximum absolute atomic E-state index is 13.3. The molecule has 0 bridgehead atoms. The molecule has 0 radical (unpaired) electrons. The molecule has 1 aromatic rings. The third-order valence-corrected chi connectivity index (χ3v) is 7.81. The number of hydrogen-bond acceptors (Lipinski definition) is 5. The lowest BCUT2D eigenvalue weighted by molar-refractivity contribution is 0.0617. The first kappa shape index (κ1) is 20.7. The van der Waals surface area contributed by atoms with Gasteiger partial charge >= 0.3 is 7.60 Å². The van der Waals surface area contributed by atoms with E-state index in [4.69, 9.17) is 9.05 Å². The van der Waals surface area contributed by atoms with Gasteiger partial charge < -0.3 is 13.9 Å². The monoisotopic (exact) mass is 393 g/mol. The van der Waals surface area contributed by atoms with E-state index in [0.29, 0.717) is 30.0 Å². The van der Waals surface area contributed by atoms with E-state index in [9.17, 15) is 9.36 Å². The molecule has 5 nitrogen and oxygen atoms in total. The van der Waals surface area contributed by atoms with E-state index in [0.717, 1.165) is 44.5 Å². The van der Waals surface area contributed by atoms with Crippen molar-refractivity contribution < 1.29 is 18.4 Å². The summed E-state index contributed by atoms with van der Waals surface area (Å²) < 4.78 is 24.0. The van der Waals surface area contributed by atoms with Gasteiger partial charge in [0.2, 0.25) is 0 Å². The number of ketones is 1. The first-order chi connectivity index (χ1) is 12.8. The fraction of sp³-hybridized carbons (Fsp3) is 0.667. The van der Waals surface area contributed by atoms with Crippen molar-refractivity contribution in [1.29, 1.82) is 0 Å². The Hall–Kier alpha value is -1.00. The van der Waals surface area contributed by atoms with E-state index in [-0.39, 0.29) is 11.2 Å². The van der Waals surface area contributed by atoms with Gasteiger partial charge in [-0.25, -0.2) is 0 Å². The van der Waals surface area contributed by atoms with E-state index in [1.54, 1.807) is 19.9 Å². The summed E-state index contributed by atoms with van der Waals surface area (Å²) in [4.78, 5) is 15.8. The highest BCUT2D eigenvalue weighted by molar-refractivity contribution is 7.62. The Balaban J connectivity index is 1.81. The predicted octanol–water partition coefficient (Wildman–Crippen LogP) is 4.06. The third kappa shape index (κ3) is 4.07. The van der Waals surface area contributed by atoms with Crippen LogP contribution in [-0.2, 0) is 20.0 Å². The number of benzene rings is 1. The zero-order chi connectivity index (χ0) is 19.7. The maximum atomic E-state index is 13.3. The molecule has 2 aliphatic rings.